The molecule has 0 amide bonds. The molecule has 0 atom stereocenters. The maximum absolute atomic E-state index is 12.6. The minimum Gasteiger partial charge on any atom is -0.485 e. The first-order valence-corrected chi connectivity index (χ1v) is 8.75. The van der Waals surface area contributed by atoms with E-state index in [1.54, 1.807) is 19.2 Å². The minimum atomic E-state index is -0.0473. The fraction of sp³-hybridized carbons (Fsp3) is 0.368. The molecule has 0 unspecified atom stereocenters. The van der Waals surface area contributed by atoms with Gasteiger partial charge in [-0.15, -0.1) is 5.10 Å². The van der Waals surface area contributed by atoms with Crippen molar-refractivity contribution in [3.05, 3.63) is 53.6 Å². The number of aryl methyl sites for hydroxylation is 1. The number of hydrogen-bond acceptors (Lipinski definition) is 6. The van der Waals surface area contributed by atoms with Crippen LogP contribution in [0.2, 0.25) is 0 Å². The fourth-order valence-corrected chi connectivity index (χ4v) is 3.02. The smallest absolute Gasteiger partial charge is 0.202 e. The number of hydrogen-bond donors (Lipinski definition) is 0. The van der Waals surface area contributed by atoms with Crippen molar-refractivity contribution in [1.29, 1.82) is 0 Å². The Morgan fingerprint density at radius 3 is 2.81 bits per heavy atom. The first-order valence-electron chi connectivity index (χ1n) is 8.75. The molecule has 0 saturated heterocycles. The summed E-state index contributed by atoms with van der Waals surface area (Å²) in [5.74, 6) is 0.541. The van der Waals surface area contributed by atoms with Gasteiger partial charge < -0.3 is 14.0 Å². The molecule has 0 aliphatic heterocycles. The van der Waals surface area contributed by atoms with Crippen LogP contribution in [0.5, 0.6) is 5.75 Å². The minimum absolute atomic E-state index is 0.0264. The van der Waals surface area contributed by atoms with Crippen LogP contribution in [0.4, 0.5) is 0 Å². The Hall–Kier alpha value is -3.00. The Morgan fingerprint density at radius 2 is 2.07 bits per heavy atom. The summed E-state index contributed by atoms with van der Waals surface area (Å²) in [6, 6.07) is 9.20. The third-order valence-electron chi connectivity index (χ3n) is 4.41. The molecule has 3 aromatic rings. The molecule has 0 bridgehead atoms. The first kappa shape index (κ1) is 18.8. The van der Waals surface area contributed by atoms with Crippen LogP contribution in [0.1, 0.15) is 28.2 Å². The predicted octanol–water partition coefficient (Wildman–Crippen LogP) is 2.38. The summed E-state index contributed by atoms with van der Waals surface area (Å²) in [7, 11) is 1.69. The van der Waals surface area contributed by atoms with Crippen LogP contribution < -0.4 is 4.74 Å². The summed E-state index contributed by atoms with van der Waals surface area (Å²) >= 11 is 0. The van der Waals surface area contributed by atoms with Crippen LogP contribution in [-0.2, 0) is 11.3 Å². The van der Waals surface area contributed by atoms with Crippen molar-refractivity contribution in [2.45, 2.75) is 26.8 Å². The molecule has 1 aromatic carbocycles. The SMILES string of the molecule is COCCCn1c(C)cc(C(=O)COc2cccc(-n3cnnn3)c2)c1C. The van der Waals surface area contributed by atoms with Crippen molar-refractivity contribution in [2.75, 3.05) is 20.3 Å². The molecule has 2 aromatic heterocycles. The highest BCUT2D eigenvalue weighted by Gasteiger charge is 2.16. The number of Topliss-reactive ketones (excluding diaryl/α,β-unsaturated/α-hetero) is 1. The molecule has 2 heterocycles. The number of ether oxygens (including phenoxy) is 2. The van der Waals surface area contributed by atoms with Gasteiger partial charge in [-0.25, -0.2) is 4.68 Å². The number of tetrazole rings is 1. The summed E-state index contributed by atoms with van der Waals surface area (Å²) in [6.45, 7) is 5.47. The van der Waals surface area contributed by atoms with E-state index in [0.29, 0.717) is 17.9 Å². The van der Waals surface area contributed by atoms with E-state index in [1.807, 2.05) is 32.0 Å². The topological polar surface area (TPSA) is 84.1 Å². The Morgan fingerprint density at radius 1 is 1.22 bits per heavy atom. The van der Waals surface area contributed by atoms with Gasteiger partial charge in [0, 0.05) is 43.3 Å². The summed E-state index contributed by atoms with van der Waals surface area (Å²) in [5.41, 5.74) is 3.48. The number of carbonyl (C=O) groups is 1. The molecule has 0 spiro atoms. The van der Waals surface area contributed by atoms with E-state index in [2.05, 4.69) is 20.1 Å². The number of methoxy groups -OCH3 is 1. The average Bonchev–Trinajstić information content (AvgIpc) is 3.30. The van der Waals surface area contributed by atoms with Gasteiger partial charge in [-0.3, -0.25) is 4.79 Å². The third kappa shape index (κ3) is 4.40. The van der Waals surface area contributed by atoms with Crippen molar-refractivity contribution in [3.8, 4) is 11.4 Å². The summed E-state index contributed by atoms with van der Waals surface area (Å²) in [6.07, 6.45) is 2.41. The highest BCUT2D eigenvalue weighted by Crippen LogP contribution is 2.19. The van der Waals surface area contributed by atoms with Gasteiger partial charge in [-0.1, -0.05) is 6.07 Å². The lowest BCUT2D eigenvalue weighted by atomic mass is 10.1. The molecule has 0 N–H and O–H groups in total. The molecule has 0 fully saturated rings. The van der Waals surface area contributed by atoms with Crippen LogP contribution in [0, 0.1) is 13.8 Å². The van der Waals surface area contributed by atoms with E-state index in [0.717, 1.165) is 30.0 Å². The molecule has 3 rings (SSSR count). The number of ketones is 1. The van der Waals surface area contributed by atoms with Gasteiger partial charge >= 0.3 is 0 Å². The van der Waals surface area contributed by atoms with Crippen LogP contribution >= 0.6 is 0 Å². The van der Waals surface area contributed by atoms with Crippen molar-refractivity contribution in [1.82, 2.24) is 24.8 Å². The lowest BCUT2D eigenvalue weighted by Crippen LogP contribution is -2.13. The molecule has 0 aliphatic rings. The van der Waals surface area contributed by atoms with E-state index < -0.39 is 0 Å². The van der Waals surface area contributed by atoms with Gasteiger partial charge in [0.05, 0.1) is 5.69 Å². The molecule has 0 saturated carbocycles. The summed E-state index contributed by atoms with van der Waals surface area (Å²) in [4.78, 5) is 12.6. The standard InChI is InChI=1S/C19H23N5O3/c1-14-10-18(15(2)23(14)8-5-9-26-3)19(25)12-27-17-7-4-6-16(11-17)24-13-20-21-22-24/h4,6-7,10-11,13H,5,8-9,12H2,1-3H3. The van der Waals surface area contributed by atoms with Crippen molar-refractivity contribution < 1.29 is 14.3 Å². The predicted molar refractivity (Wildman–Crippen MR) is 99.4 cm³/mol. The maximum Gasteiger partial charge on any atom is 0.202 e. The monoisotopic (exact) mass is 369 g/mol. The number of carbonyl (C=O) groups excluding carboxylic acids is 1. The maximum atomic E-state index is 12.6. The van der Waals surface area contributed by atoms with Crippen LogP contribution in [0.15, 0.2) is 36.7 Å². The van der Waals surface area contributed by atoms with E-state index in [-0.39, 0.29) is 12.4 Å². The summed E-state index contributed by atoms with van der Waals surface area (Å²) in [5, 5.41) is 11.1. The highest BCUT2D eigenvalue weighted by atomic mass is 16.5. The fourth-order valence-electron chi connectivity index (χ4n) is 3.02. The second kappa shape index (κ2) is 8.59. The second-order valence-corrected chi connectivity index (χ2v) is 6.25. The number of rotatable bonds is 9. The zero-order valence-electron chi connectivity index (χ0n) is 15.8. The van der Waals surface area contributed by atoms with Gasteiger partial charge in [0.1, 0.15) is 12.1 Å². The van der Waals surface area contributed by atoms with Crippen LogP contribution in [0.25, 0.3) is 5.69 Å². The van der Waals surface area contributed by atoms with Crippen LogP contribution in [-0.4, -0.2) is 50.9 Å². The molecule has 27 heavy (non-hydrogen) atoms. The van der Waals surface area contributed by atoms with Crippen molar-refractivity contribution in [2.24, 2.45) is 0 Å². The lowest BCUT2D eigenvalue weighted by molar-refractivity contribution is 0.0920. The quantitative estimate of drug-likeness (QED) is 0.425. The van der Waals surface area contributed by atoms with Gasteiger partial charge in [0.15, 0.2) is 6.61 Å². The van der Waals surface area contributed by atoms with Gasteiger partial charge in [0.2, 0.25) is 5.78 Å². The third-order valence-corrected chi connectivity index (χ3v) is 4.41. The van der Waals surface area contributed by atoms with E-state index >= 15 is 0 Å². The van der Waals surface area contributed by atoms with Crippen molar-refractivity contribution in [3.63, 3.8) is 0 Å². The highest BCUT2D eigenvalue weighted by molar-refractivity contribution is 5.98. The van der Waals surface area contributed by atoms with Gasteiger partial charge in [-0.2, -0.15) is 0 Å². The second-order valence-electron chi connectivity index (χ2n) is 6.25. The summed E-state index contributed by atoms with van der Waals surface area (Å²) < 4.78 is 14.5. The van der Waals surface area contributed by atoms with Crippen molar-refractivity contribution >= 4 is 5.78 Å². The largest absolute Gasteiger partial charge is 0.485 e. The molecular formula is C19H23N5O3. The normalized spacial score (nSPS) is 10.9. The van der Waals surface area contributed by atoms with Gasteiger partial charge in [0.25, 0.3) is 0 Å². The Kier molecular flexibility index (Phi) is 5.97. The Balaban J connectivity index is 1.66. The molecule has 0 aliphatic carbocycles. The average molecular weight is 369 g/mol. The Labute approximate surface area is 157 Å². The number of aromatic nitrogens is 5. The zero-order chi connectivity index (χ0) is 19.2. The molecule has 142 valence electrons. The number of benzene rings is 1. The molecule has 8 nitrogen and oxygen atoms in total. The van der Waals surface area contributed by atoms with E-state index in [1.165, 1.54) is 11.0 Å². The zero-order valence-corrected chi connectivity index (χ0v) is 15.8. The number of nitrogens with zero attached hydrogens (tertiary/aromatic N) is 5. The van der Waals surface area contributed by atoms with Gasteiger partial charge in [-0.05, 0) is 48.9 Å². The first-order chi connectivity index (χ1) is 13.1. The van der Waals surface area contributed by atoms with E-state index in [9.17, 15) is 4.79 Å². The van der Waals surface area contributed by atoms with Crippen LogP contribution in [0.3, 0.4) is 0 Å². The molecular weight excluding hydrogens is 346 g/mol. The molecule has 0 radical (unpaired) electrons. The molecule has 8 heteroatoms. The van der Waals surface area contributed by atoms with E-state index in [4.69, 9.17) is 9.47 Å². The lowest BCUT2D eigenvalue weighted by Gasteiger charge is -2.10. The Bertz CT molecular complexity index is 902.